The zero-order valence-electron chi connectivity index (χ0n) is 14.5. The molecule has 0 radical (unpaired) electrons. The molecule has 0 atom stereocenters. The number of aliphatic hydroxyl groups excluding tert-OH is 1. The third-order valence-corrected chi connectivity index (χ3v) is 3.56. The monoisotopic (exact) mass is 336 g/mol. The van der Waals surface area contributed by atoms with Crippen LogP contribution in [0.15, 0.2) is 24.3 Å². The summed E-state index contributed by atoms with van der Waals surface area (Å²) in [6.45, 7) is 4.65. The predicted molar refractivity (Wildman–Crippen MR) is 89.6 cm³/mol. The third-order valence-electron chi connectivity index (χ3n) is 3.56. The van der Waals surface area contributed by atoms with E-state index in [0.29, 0.717) is 11.3 Å². The maximum Gasteiger partial charge on any atom is 0.307 e. The lowest BCUT2D eigenvalue weighted by molar-refractivity contribution is -0.141. The molecule has 0 aliphatic carbocycles. The van der Waals surface area contributed by atoms with Crippen LogP contribution in [-0.2, 0) is 14.3 Å². The summed E-state index contributed by atoms with van der Waals surface area (Å²) >= 11 is 0. The van der Waals surface area contributed by atoms with Crippen LogP contribution in [0.25, 0.3) is 0 Å². The highest BCUT2D eigenvalue weighted by atomic mass is 16.5. The highest BCUT2D eigenvalue weighted by Crippen LogP contribution is 2.20. The van der Waals surface area contributed by atoms with Crippen molar-refractivity contribution in [3.8, 4) is 0 Å². The van der Waals surface area contributed by atoms with Crippen molar-refractivity contribution < 1.29 is 24.2 Å². The van der Waals surface area contributed by atoms with Crippen molar-refractivity contribution in [2.45, 2.75) is 32.7 Å². The Balaban J connectivity index is 3.06. The summed E-state index contributed by atoms with van der Waals surface area (Å²) in [4.78, 5) is 36.8. The smallest absolute Gasteiger partial charge is 0.307 e. The maximum atomic E-state index is 12.8. The van der Waals surface area contributed by atoms with Gasteiger partial charge in [0.1, 0.15) is 0 Å². The van der Waals surface area contributed by atoms with Gasteiger partial charge in [-0.15, -0.1) is 0 Å². The second-order valence-electron chi connectivity index (χ2n) is 6.02. The van der Waals surface area contributed by atoms with Crippen molar-refractivity contribution >= 4 is 23.5 Å². The van der Waals surface area contributed by atoms with Gasteiger partial charge in [-0.1, -0.05) is 6.07 Å². The molecular formula is C17H24N2O5. The Morgan fingerprint density at radius 2 is 1.96 bits per heavy atom. The Morgan fingerprint density at radius 3 is 2.50 bits per heavy atom. The summed E-state index contributed by atoms with van der Waals surface area (Å²) < 4.78 is 4.61. The number of aliphatic hydroxyl groups is 1. The van der Waals surface area contributed by atoms with Crippen molar-refractivity contribution in [2.75, 3.05) is 25.6 Å². The number of methoxy groups -OCH3 is 1. The average Bonchev–Trinajstić information content (AvgIpc) is 2.54. The Kier molecular flexibility index (Phi) is 6.91. The number of benzene rings is 1. The van der Waals surface area contributed by atoms with Crippen LogP contribution in [0.2, 0.25) is 0 Å². The third kappa shape index (κ3) is 5.34. The highest BCUT2D eigenvalue weighted by Gasteiger charge is 2.31. The first kappa shape index (κ1) is 19.6. The molecule has 1 aromatic carbocycles. The minimum absolute atomic E-state index is 0.0249. The van der Waals surface area contributed by atoms with E-state index < -0.39 is 11.5 Å². The van der Waals surface area contributed by atoms with E-state index in [2.05, 4.69) is 10.1 Å². The van der Waals surface area contributed by atoms with Crippen molar-refractivity contribution in [3.63, 3.8) is 0 Å². The van der Waals surface area contributed by atoms with Gasteiger partial charge in [-0.05, 0) is 32.0 Å². The predicted octanol–water partition coefficient (Wildman–Crippen LogP) is 1.42. The van der Waals surface area contributed by atoms with Crippen molar-refractivity contribution in [1.29, 1.82) is 0 Å². The first-order chi connectivity index (χ1) is 11.2. The molecule has 0 aromatic heterocycles. The second-order valence-corrected chi connectivity index (χ2v) is 6.02. The molecule has 1 aromatic rings. The molecule has 0 bridgehead atoms. The van der Waals surface area contributed by atoms with Gasteiger partial charge in [0.2, 0.25) is 5.91 Å². The first-order valence-corrected chi connectivity index (χ1v) is 7.58. The lowest BCUT2D eigenvalue weighted by atomic mass is 10.0. The molecule has 2 amide bonds. The SMILES string of the molecule is COC(=O)CCN(C(=O)c1cccc(NC(C)=O)c1)C(C)(C)CO. The number of ether oxygens (including phenoxy) is 1. The van der Waals surface area contributed by atoms with Crippen LogP contribution in [-0.4, -0.2) is 53.6 Å². The van der Waals surface area contributed by atoms with E-state index in [9.17, 15) is 19.5 Å². The minimum atomic E-state index is -0.852. The number of anilines is 1. The summed E-state index contributed by atoms with van der Waals surface area (Å²) in [6.07, 6.45) is 0.0249. The number of carbonyl (C=O) groups excluding carboxylic acids is 3. The van der Waals surface area contributed by atoms with E-state index in [-0.39, 0.29) is 31.4 Å². The fraction of sp³-hybridized carbons (Fsp3) is 0.471. The van der Waals surface area contributed by atoms with Gasteiger partial charge >= 0.3 is 5.97 Å². The first-order valence-electron chi connectivity index (χ1n) is 7.58. The average molecular weight is 336 g/mol. The molecule has 7 nitrogen and oxygen atoms in total. The van der Waals surface area contributed by atoms with E-state index in [1.165, 1.54) is 18.9 Å². The molecule has 0 saturated carbocycles. The van der Waals surface area contributed by atoms with Gasteiger partial charge in [0.25, 0.3) is 5.91 Å². The molecule has 24 heavy (non-hydrogen) atoms. The fourth-order valence-corrected chi connectivity index (χ4v) is 2.16. The molecule has 0 spiro atoms. The molecule has 0 unspecified atom stereocenters. The summed E-state index contributed by atoms with van der Waals surface area (Å²) in [5, 5.41) is 12.2. The zero-order valence-corrected chi connectivity index (χ0v) is 14.5. The number of nitrogens with one attached hydrogen (secondary N) is 1. The fourth-order valence-electron chi connectivity index (χ4n) is 2.16. The number of nitrogens with zero attached hydrogens (tertiary/aromatic N) is 1. The zero-order chi connectivity index (χ0) is 18.3. The van der Waals surface area contributed by atoms with E-state index in [4.69, 9.17) is 0 Å². The van der Waals surface area contributed by atoms with Gasteiger partial charge in [-0.25, -0.2) is 0 Å². The summed E-state index contributed by atoms with van der Waals surface area (Å²) in [5.41, 5.74) is 0.00507. The van der Waals surface area contributed by atoms with Gasteiger partial charge in [0.05, 0.1) is 25.7 Å². The maximum absolute atomic E-state index is 12.8. The van der Waals surface area contributed by atoms with Crippen molar-refractivity contribution in [1.82, 2.24) is 4.90 Å². The van der Waals surface area contributed by atoms with Crippen LogP contribution < -0.4 is 5.32 Å². The van der Waals surface area contributed by atoms with E-state index in [1.807, 2.05) is 0 Å². The van der Waals surface area contributed by atoms with Gasteiger partial charge in [-0.2, -0.15) is 0 Å². The van der Waals surface area contributed by atoms with E-state index in [0.717, 1.165) is 0 Å². The standard InChI is InChI=1S/C17H24N2O5/c1-12(21)18-14-7-5-6-13(10-14)16(23)19(17(2,3)11-20)9-8-15(22)24-4/h5-7,10,20H,8-9,11H2,1-4H3,(H,18,21). The lowest BCUT2D eigenvalue weighted by Crippen LogP contribution is -2.51. The van der Waals surface area contributed by atoms with Gasteiger partial charge < -0.3 is 20.1 Å². The minimum Gasteiger partial charge on any atom is -0.469 e. The number of carbonyl (C=O) groups is 3. The quantitative estimate of drug-likeness (QED) is 0.734. The van der Waals surface area contributed by atoms with Crippen molar-refractivity contribution in [2.24, 2.45) is 0 Å². The molecule has 0 aliphatic rings. The van der Waals surface area contributed by atoms with Gasteiger partial charge in [0, 0.05) is 24.7 Å². The summed E-state index contributed by atoms with van der Waals surface area (Å²) in [6, 6.07) is 6.51. The molecule has 1 rings (SSSR count). The Hall–Kier alpha value is -2.41. The molecule has 0 fully saturated rings. The topological polar surface area (TPSA) is 95.9 Å². The van der Waals surface area contributed by atoms with Crippen LogP contribution in [0, 0.1) is 0 Å². The summed E-state index contributed by atoms with van der Waals surface area (Å²) in [7, 11) is 1.28. The normalized spacial score (nSPS) is 10.9. The van der Waals surface area contributed by atoms with Crippen LogP contribution in [0.3, 0.4) is 0 Å². The van der Waals surface area contributed by atoms with Crippen LogP contribution in [0.5, 0.6) is 0 Å². The molecule has 0 heterocycles. The molecule has 2 N–H and O–H groups in total. The molecule has 0 aliphatic heterocycles. The van der Waals surface area contributed by atoms with E-state index >= 15 is 0 Å². The number of hydrogen-bond donors (Lipinski definition) is 2. The van der Waals surface area contributed by atoms with Gasteiger partial charge in [-0.3, -0.25) is 14.4 Å². The number of rotatable bonds is 7. The second kappa shape index (κ2) is 8.44. The van der Waals surface area contributed by atoms with E-state index in [1.54, 1.807) is 38.1 Å². The molecule has 0 saturated heterocycles. The van der Waals surface area contributed by atoms with Gasteiger partial charge in [0.15, 0.2) is 0 Å². The lowest BCUT2D eigenvalue weighted by Gasteiger charge is -2.37. The molecule has 7 heteroatoms. The highest BCUT2D eigenvalue weighted by molar-refractivity contribution is 5.97. The largest absolute Gasteiger partial charge is 0.469 e. The number of hydrogen-bond acceptors (Lipinski definition) is 5. The number of amides is 2. The van der Waals surface area contributed by atoms with Crippen LogP contribution in [0.4, 0.5) is 5.69 Å². The molecule has 132 valence electrons. The summed E-state index contributed by atoms with van der Waals surface area (Å²) in [5.74, 6) is -1.02. The molecular weight excluding hydrogens is 312 g/mol. The Bertz CT molecular complexity index is 613. The number of esters is 1. The Labute approximate surface area is 141 Å². The van der Waals surface area contributed by atoms with Crippen LogP contribution >= 0.6 is 0 Å². The Morgan fingerprint density at radius 1 is 1.29 bits per heavy atom. The van der Waals surface area contributed by atoms with Crippen molar-refractivity contribution in [3.05, 3.63) is 29.8 Å². The van der Waals surface area contributed by atoms with Crippen LogP contribution in [0.1, 0.15) is 37.6 Å².